The molecule has 12 heavy (non-hydrogen) atoms. The van der Waals surface area contributed by atoms with Crippen molar-refractivity contribution in [2.45, 2.75) is 6.92 Å². The Bertz CT molecular complexity index is 333. The van der Waals surface area contributed by atoms with E-state index >= 15 is 0 Å². The second-order valence-corrected chi connectivity index (χ2v) is 3.38. The standard InChI is InChI=1S/C10H10BrN/c1-8-4-5-10(11)7-9(8)3-2-6-12/h4-5,7H,6,12H2,1H3. The van der Waals surface area contributed by atoms with Crippen LogP contribution < -0.4 is 5.73 Å². The van der Waals surface area contributed by atoms with Crippen LogP contribution in [0.4, 0.5) is 0 Å². The fourth-order valence-corrected chi connectivity index (χ4v) is 1.24. The molecule has 0 radical (unpaired) electrons. The number of halogens is 1. The molecule has 0 unspecified atom stereocenters. The smallest absolute Gasteiger partial charge is 0.0555 e. The van der Waals surface area contributed by atoms with Crippen LogP contribution in [0.15, 0.2) is 22.7 Å². The summed E-state index contributed by atoms with van der Waals surface area (Å²) in [5.74, 6) is 5.84. The lowest BCUT2D eigenvalue weighted by atomic mass is 10.1. The van der Waals surface area contributed by atoms with Gasteiger partial charge in [0.2, 0.25) is 0 Å². The van der Waals surface area contributed by atoms with E-state index in [1.54, 1.807) is 0 Å². The first-order valence-corrected chi connectivity index (χ1v) is 4.48. The first kappa shape index (κ1) is 9.31. The maximum atomic E-state index is 5.28. The summed E-state index contributed by atoms with van der Waals surface area (Å²) in [6.07, 6.45) is 0. The minimum atomic E-state index is 0.409. The van der Waals surface area contributed by atoms with E-state index in [0.717, 1.165) is 10.0 Å². The molecule has 0 fully saturated rings. The molecule has 0 amide bonds. The lowest BCUT2D eigenvalue weighted by Crippen LogP contribution is -1.93. The van der Waals surface area contributed by atoms with Crippen molar-refractivity contribution in [3.05, 3.63) is 33.8 Å². The van der Waals surface area contributed by atoms with Gasteiger partial charge in [0.05, 0.1) is 6.54 Å². The van der Waals surface area contributed by atoms with E-state index < -0.39 is 0 Å². The predicted octanol–water partition coefficient (Wildman–Crippen LogP) is 2.07. The molecule has 0 saturated heterocycles. The first-order chi connectivity index (χ1) is 5.74. The third-order valence-corrected chi connectivity index (χ3v) is 2.02. The van der Waals surface area contributed by atoms with E-state index in [1.165, 1.54) is 5.56 Å². The van der Waals surface area contributed by atoms with Gasteiger partial charge in [-0.15, -0.1) is 0 Å². The predicted molar refractivity (Wildman–Crippen MR) is 54.8 cm³/mol. The second-order valence-electron chi connectivity index (χ2n) is 2.47. The summed E-state index contributed by atoms with van der Waals surface area (Å²) in [7, 11) is 0. The molecule has 62 valence electrons. The monoisotopic (exact) mass is 223 g/mol. The Morgan fingerprint density at radius 3 is 2.92 bits per heavy atom. The Balaban J connectivity index is 3.05. The lowest BCUT2D eigenvalue weighted by molar-refractivity contribution is 1.30. The highest BCUT2D eigenvalue weighted by atomic mass is 79.9. The molecule has 0 aliphatic rings. The summed E-state index contributed by atoms with van der Waals surface area (Å²) in [5, 5.41) is 0. The van der Waals surface area contributed by atoms with Crippen LogP contribution in [-0.4, -0.2) is 6.54 Å². The molecule has 0 atom stereocenters. The quantitative estimate of drug-likeness (QED) is 0.670. The highest BCUT2D eigenvalue weighted by Crippen LogP contribution is 2.14. The van der Waals surface area contributed by atoms with Gasteiger partial charge < -0.3 is 5.73 Å². The van der Waals surface area contributed by atoms with Crippen LogP contribution in [0.3, 0.4) is 0 Å². The van der Waals surface area contributed by atoms with Crippen molar-refractivity contribution in [3.63, 3.8) is 0 Å². The van der Waals surface area contributed by atoms with Gasteiger partial charge in [-0.25, -0.2) is 0 Å². The zero-order valence-electron chi connectivity index (χ0n) is 6.89. The van der Waals surface area contributed by atoms with Gasteiger partial charge in [-0.1, -0.05) is 33.8 Å². The normalized spacial score (nSPS) is 8.92. The van der Waals surface area contributed by atoms with Crippen molar-refractivity contribution in [2.75, 3.05) is 6.54 Å². The Morgan fingerprint density at radius 1 is 1.50 bits per heavy atom. The summed E-state index contributed by atoms with van der Waals surface area (Å²) >= 11 is 3.39. The van der Waals surface area contributed by atoms with Crippen molar-refractivity contribution in [1.29, 1.82) is 0 Å². The summed E-state index contributed by atoms with van der Waals surface area (Å²) in [4.78, 5) is 0. The van der Waals surface area contributed by atoms with E-state index in [1.807, 2.05) is 25.1 Å². The Kier molecular flexibility index (Phi) is 3.33. The molecule has 0 bridgehead atoms. The summed E-state index contributed by atoms with van der Waals surface area (Å²) in [6.45, 7) is 2.44. The number of rotatable bonds is 0. The Labute approximate surface area is 81.1 Å². The minimum absolute atomic E-state index is 0.409. The topological polar surface area (TPSA) is 26.0 Å². The van der Waals surface area contributed by atoms with Gasteiger partial charge in [0.15, 0.2) is 0 Å². The van der Waals surface area contributed by atoms with Crippen LogP contribution in [-0.2, 0) is 0 Å². The van der Waals surface area contributed by atoms with Crippen LogP contribution in [0.2, 0.25) is 0 Å². The van der Waals surface area contributed by atoms with Crippen LogP contribution in [0.1, 0.15) is 11.1 Å². The van der Waals surface area contributed by atoms with Gasteiger partial charge in [0.1, 0.15) is 0 Å². The van der Waals surface area contributed by atoms with Crippen LogP contribution in [0, 0.1) is 18.8 Å². The van der Waals surface area contributed by atoms with Crippen molar-refractivity contribution in [2.24, 2.45) is 5.73 Å². The third-order valence-electron chi connectivity index (χ3n) is 1.52. The number of nitrogens with two attached hydrogens (primary N) is 1. The van der Waals surface area contributed by atoms with E-state index in [0.29, 0.717) is 6.54 Å². The molecule has 0 heterocycles. The molecular formula is C10H10BrN. The SMILES string of the molecule is Cc1ccc(Br)cc1C#CCN. The molecule has 1 aromatic rings. The van der Waals surface area contributed by atoms with Crippen molar-refractivity contribution >= 4 is 15.9 Å². The second kappa shape index (κ2) is 4.30. The fraction of sp³-hybridized carbons (Fsp3) is 0.200. The first-order valence-electron chi connectivity index (χ1n) is 3.69. The average Bonchev–Trinajstić information content (AvgIpc) is 2.07. The van der Waals surface area contributed by atoms with Gasteiger partial charge in [-0.05, 0) is 24.6 Å². The number of aryl methyl sites for hydroxylation is 1. The van der Waals surface area contributed by atoms with Gasteiger partial charge in [-0.2, -0.15) is 0 Å². The molecule has 0 saturated carbocycles. The van der Waals surface area contributed by atoms with Crippen LogP contribution in [0.25, 0.3) is 0 Å². The molecule has 0 spiro atoms. The molecular weight excluding hydrogens is 214 g/mol. The maximum Gasteiger partial charge on any atom is 0.0555 e. The van der Waals surface area contributed by atoms with E-state index in [4.69, 9.17) is 5.73 Å². The molecule has 0 aliphatic carbocycles. The third kappa shape index (κ3) is 2.37. The Hall–Kier alpha value is -0.780. The average molecular weight is 224 g/mol. The number of hydrogen-bond acceptors (Lipinski definition) is 1. The van der Waals surface area contributed by atoms with E-state index in [9.17, 15) is 0 Å². The van der Waals surface area contributed by atoms with Crippen molar-refractivity contribution in [1.82, 2.24) is 0 Å². The van der Waals surface area contributed by atoms with Gasteiger partial charge in [-0.3, -0.25) is 0 Å². The summed E-state index contributed by atoms with van der Waals surface area (Å²) in [5.41, 5.74) is 7.50. The number of benzene rings is 1. The van der Waals surface area contributed by atoms with E-state index in [2.05, 4.69) is 27.8 Å². The van der Waals surface area contributed by atoms with Crippen LogP contribution >= 0.6 is 15.9 Å². The van der Waals surface area contributed by atoms with Crippen molar-refractivity contribution in [3.8, 4) is 11.8 Å². The molecule has 2 N–H and O–H groups in total. The molecule has 1 nitrogen and oxygen atoms in total. The minimum Gasteiger partial charge on any atom is -0.320 e. The highest BCUT2D eigenvalue weighted by molar-refractivity contribution is 9.10. The van der Waals surface area contributed by atoms with Gasteiger partial charge in [0, 0.05) is 10.0 Å². The van der Waals surface area contributed by atoms with Gasteiger partial charge in [0.25, 0.3) is 0 Å². The highest BCUT2D eigenvalue weighted by Gasteiger charge is 1.93. The summed E-state index contributed by atoms with van der Waals surface area (Å²) < 4.78 is 1.05. The molecule has 1 aromatic carbocycles. The van der Waals surface area contributed by atoms with Crippen LogP contribution in [0.5, 0.6) is 0 Å². The molecule has 0 aliphatic heterocycles. The van der Waals surface area contributed by atoms with Crippen molar-refractivity contribution < 1.29 is 0 Å². The largest absolute Gasteiger partial charge is 0.320 e. The molecule has 0 aromatic heterocycles. The van der Waals surface area contributed by atoms with E-state index in [-0.39, 0.29) is 0 Å². The Morgan fingerprint density at radius 2 is 2.25 bits per heavy atom. The summed E-state index contributed by atoms with van der Waals surface area (Å²) in [6, 6.07) is 6.03. The zero-order chi connectivity index (χ0) is 8.97. The fourth-order valence-electron chi connectivity index (χ4n) is 0.875. The lowest BCUT2D eigenvalue weighted by Gasteiger charge is -1.97. The maximum absolute atomic E-state index is 5.28. The number of hydrogen-bond donors (Lipinski definition) is 1. The van der Waals surface area contributed by atoms with Gasteiger partial charge >= 0.3 is 0 Å². The molecule has 2 heteroatoms. The zero-order valence-corrected chi connectivity index (χ0v) is 8.48. The molecule has 1 rings (SSSR count).